The van der Waals surface area contributed by atoms with E-state index in [1.165, 1.54) is 14.0 Å². The average Bonchev–Trinajstić information content (AvgIpc) is 2.75. The Hall–Kier alpha value is -2.70. The first kappa shape index (κ1) is 21.5. The van der Waals surface area contributed by atoms with Crippen LogP contribution in [0.5, 0.6) is 0 Å². The fraction of sp³-hybridized carbons (Fsp3) is 0.583. The van der Waals surface area contributed by atoms with Gasteiger partial charge in [-0.2, -0.15) is 0 Å². The van der Waals surface area contributed by atoms with Crippen LogP contribution in [0.3, 0.4) is 0 Å². The molecule has 3 fully saturated rings. The summed E-state index contributed by atoms with van der Waals surface area (Å²) in [6, 6.07) is 9.47. The summed E-state index contributed by atoms with van der Waals surface area (Å²) < 4.78 is 16.1. The lowest BCUT2D eigenvalue weighted by Crippen LogP contribution is -2.61. The molecule has 166 valence electrons. The second kappa shape index (κ2) is 8.09. The van der Waals surface area contributed by atoms with Gasteiger partial charge in [0.15, 0.2) is 11.9 Å². The number of ether oxygens (including phenoxy) is 3. The van der Waals surface area contributed by atoms with Crippen LogP contribution in [-0.2, 0) is 33.4 Å². The molecule has 31 heavy (non-hydrogen) atoms. The Morgan fingerprint density at radius 3 is 2.48 bits per heavy atom. The molecule has 0 amide bonds. The number of fused-ring (bicyclic) bond motifs is 3. The number of Topliss-reactive ketones (excluding diaryl/α,β-unsaturated/α-hetero) is 1. The van der Waals surface area contributed by atoms with Crippen molar-refractivity contribution in [3.63, 3.8) is 0 Å². The van der Waals surface area contributed by atoms with Crippen LogP contribution in [0.4, 0.5) is 0 Å². The number of methoxy groups -OCH3 is 1. The predicted molar refractivity (Wildman–Crippen MR) is 108 cm³/mol. The zero-order valence-corrected chi connectivity index (χ0v) is 18.0. The Balaban J connectivity index is 1.73. The highest BCUT2D eigenvalue weighted by Gasteiger charge is 2.63. The molecule has 0 aromatic heterocycles. The number of carbonyl (C=O) groups is 4. The van der Waals surface area contributed by atoms with Crippen LogP contribution in [0.1, 0.15) is 51.2 Å². The van der Waals surface area contributed by atoms with Gasteiger partial charge in [0, 0.05) is 19.3 Å². The van der Waals surface area contributed by atoms with Crippen molar-refractivity contribution in [1.29, 1.82) is 0 Å². The molecule has 7 atom stereocenters. The van der Waals surface area contributed by atoms with Gasteiger partial charge in [-0.15, -0.1) is 0 Å². The summed E-state index contributed by atoms with van der Waals surface area (Å²) in [5.74, 6) is -3.35. The maximum atomic E-state index is 13.6. The summed E-state index contributed by atoms with van der Waals surface area (Å²) in [7, 11) is 1.33. The van der Waals surface area contributed by atoms with Crippen LogP contribution in [0.15, 0.2) is 30.3 Å². The third kappa shape index (κ3) is 3.64. The first-order valence-electron chi connectivity index (χ1n) is 10.8. The standard InChI is InChI=1S/C24H28O7/c1-13(25)30-19-12-17(23(28)29-3)24(2)10-9-15-16(20(24)21(19)26)11-18(31-22(15)27)14-7-5-4-6-8-14/h4-8,15-20H,9-12H2,1-3H3/t15-,16+,17+,18+,19+,20+,24+/m1/s1. The number of ketones is 1. The van der Waals surface area contributed by atoms with Gasteiger partial charge in [0.25, 0.3) is 0 Å². The van der Waals surface area contributed by atoms with Gasteiger partial charge in [0.1, 0.15) is 6.10 Å². The molecule has 0 N–H and O–H groups in total. The van der Waals surface area contributed by atoms with E-state index in [-0.39, 0.29) is 24.1 Å². The van der Waals surface area contributed by atoms with Crippen molar-refractivity contribution in [2.75, 3.05) is 7.11 Å². The molecule has 1 aromatic rings. The molecule has 1 saturated heterocycles. The molecule has 0 bridgehead atoms. The maximum absolute atomic E-state index is 13.6. The quantitative estimate of drug-likeness (QED) is 0.539. The Kier molecular flexibility index (Phi) is 5.62. The second-order valence-electron chi connectivity index (χ2n) is 9.18. The van der Waals surface area contributed by atoms with Crippen molar-refractivity contribution in [3.05, 3.63) is 35.9 Å². The summed E-state index contributed by atoms with van der Waals surface area (Å²) in [6.45, 7) is 3.19. The largest absolute Gasteiger partial charge is 0.469 e. The van der Waals surface area contributed by atoms with E-state index in [1.54, 1.807) is 0 Å². The number of hydrogen-bond acceptors (Lipinski definition) is 7. The van der Waals surface area contributed by atoms with Crippen molar-refractivity contribution in [2.24, 2.45) is 29.1 Å². The van der Waals surface area contributed by atoms with Crippen LogP contribution < -0.4 is 0 Å². The minimum atomic E-state index is -1.01. The third-order valence-corrected chi connectivity index (χ3v) is 7.53. The second-order valence-corrected chi connectivity index (χ2v) is 9.18. The van der Waals surface area contributed by atoms with Crippen LogP contribution in [0, 0.1) is 29.1 Å². The molecule has 1 heterocycles. The minimum Gasteiger partial charge on any atom is -0.469 e. The summed E-state index contributed by atoms with van der Waals surface area (Å²) in [5.41, 5.74) is 0.215. The molecular formula is C24H28O7. The predicted octanol–water partition coefficient (Wildman–Crippen LogP) is 3.02. The monoisotopic (exact) mass is 428 g/mol. The van der Waals surface area contributed by atoms with Crippen LogP contribution in [0.25, 0.3) is 0 Å². The zero-order chi connectivity index (χ0) is 22.3. The Bertz CT molecular complexity index is 894. The van der Waals surface area contributed by atoms with Crippen molar-refractivity contribution in [3.8, 4) is 0 Å². The lowest BCUT2D eigenvalue weighted by molar-refractivity contribution is -0.194. The topological polar surface area (TPSA) is 96.0 Å². The summed E-state index contributed by atoms with van der Waals surface area (Å²) in [4.78, 5) is 50.9. The number of esters is 3. The van der Waals surface area contributed by atoms with Crippen LogP contribution in [-0.4, -0.2) is 36.9 Å². The van der Waals surface area contributed by atoms with Crippen molar-refractivity contribution < 1.29 is 33.4 Å². The normalized spacial score (nSPS) is 37.1. The van der Waals surface area contributed by atoms with Crippen molar-refractivity contribution in [1.82, 2.24) is 0 Å². The summed E-state index contributed by atoms with van der Waals surface area (Å²) in [6.07, 6.45) is 0.233. The molecule has 4 rings (SSSR count). The minimum absolute atomic E-state index is 0.113. The maximum Gasteiger partial charge on any atom is 0.309 e. The van der Waals surface area contributed by atoms with Crippen molar-refractivity contribution >= 4 is 23.7 Å². The number of benzene rings is 1. The van der Waals surface area contributed by atoms with E-state index in [9.17, 15) is 19.2 Å². The molecule has 2 saturated carbocycles. The van der Waals surface area contributed by atoms with Gasteiger partial charge in [0.05, 0.1) is 18.9 Å². The van der Waals surface area contributed by atoms with Gasteiger partial charge in [-0.1, -0.05) is 37.3 Å². The van der Waals surface area contributed by atoms with Crippen molar-refractivity contribution in [2.45, 2.75) is 51.7 Å². The Morgan fingerprint density at radius 1 is 1.13 bits per heavy atom. The van der Waals surface area contributed by atoms with Gasteiger partial charge in [0.2, 0.25) is 0 Å². The third-order valence-electron chi connectivity index (χ3n) is 7.53. The Morgan fingerprint density at radius 2 is 1.84 bits per heavy atom. The lowest BCUT2D eigenvalue weighted by atomic mass is 9.48. The zero-order valence-electron chi connectivity index (χ0n) is 18.0. The first-order valence-corrected chi connectivity index (χ1v) is 10.8. The fourth-order valence-corrected chi connectivity index (χ4v) is 6.09. The Labute approximate surface area is 181 Å². The van der Waals surface area contributed by atoms with E-state index in [4.69, 9.17) is 14.2 Å². The highest BCUT2D eigenvalue weighted by Crippen LogP contribution is 2.59. The van der Waals surface area contributed by atoms with E-state index in [2.05, 4.69) is 0 Å². The van der Waals surface area contributed by atoms with Gasteiger partial charge in [-0.3, -0.25) is 19.2 Å². The molecule has 1 aliphatic heterocycles. The summed E-state index contributed by atoms with van der Waals surface area (Å²) >= 11 is 0. The number of hydrogen-bond donors (Lipinski definition) is 0. The molecular weight excluding hydrogens is 400 g/mol. The van der Waals surface area contributed by atoms with Gasteiger partial charge in [-0.25, -0.2) is 0 Å². The van der Waals surface area contributed by atoms with Gasteiger partial charge >= 0.3 is 17.9 Å². The van der Waals surface area contributed by atoms with E-state index < -0.39 is 47.3 Å². The molecule has 1 aromatic carbocycles. The average molecular weight is 428 g/mol. The number of carbonyl (C=O) groups excluding carboxylic acids is 4. The molecule has 7 nitrogen and oxygen atoms in total. The number of rotatable bonds is 3. The smallest absolute Gasteiger partial charge is 0.309 e. The molecule has 0 radical (unpaired) electrons. The first-order chi connectivity index (χ1) is 14.8. The fourth-order valence-electron chi connectivity index (χ4n) is 6.09. The summed E-state index contributed by atoms with van der Waals surface area (Å²) in [5, 5.41) is 0. The molecule has 7 heteroatoms. The van der Waals surface area contributed by atoms with E-state index >= 15 is 0 Å². The molecule has 3 aliphatic rings. The van der Waals surface area contributed by atoms with E-state index in [0.717, 1.165) is 5.56 Å². The van der Waals surface area contributed by atoms with Gasteiger partial charge in [-0.05, 0) is 36.2 Å². The highest BCUT2D eigenvalue weighted by molar-refractivity contribution is 5.92. The highest BCUT2D eigenvalue weighted by atomic mass is 16.6. The SMILES string of the molecule is COC(=O)[C@@H]1C[C@H](OC(C)=O)C(=O)[C@@H]2[C@H]3C[C@@H](c4ccccc4)OC(=O)[C@@H]3CC[C@]21C. The number of cyclic esters (lactones) is 1. The molecule has 0 spiro atoms. The van der Waals surface area contributed by atoms with E-state index in [1.807, 2.05) is 37.3 Å². The van der Waals surface area contributed by atoms with Gasteiger partial charge < -0.3 is 14.2 Å². The van der Waals surface area contributed by atoms with Crippen LogP contribution >= 0.6 is 0 Å². The lowest BCUT2D eigenvalue weighted by Gasteiger charge is -2.56. The molecule has 0 unspecified atom stereocenters. The van der Waals surface area contributed by atoms with E-state index in [0.29, 0.717) is 19.3 Å². The van der Waals surface area contributed by atoms with Crippen LogP contribution in [0.2, 0.25) is 0 Å². The molecule has 2 aliphatic carbocycles.